The molecule has 3 heteroatoms. The molecule has 2 bridgehead atoms. The van der Waals surface area contributed by atoms with E-state index in [1.54, 1.807) is 6.20 Å². The Morgan fingerprint density at radius 1 is 1.31 bits per heavy atom. The fourth-order valence-electron chi connectivity index (χ4n) is 2.98. The number of hydrogen-bond donors (Lipinski definition) is 1. The minimum Gasteiger partial charge on any atom is -0.357 e. The highest BCUT2D eigenvalue weighted by Gasteiger charge is 2.31. The summed E-state index contributed by atoms with van der Waals surface area (Å²) in [4.78, 5) is 0. The van der Waals surface area contributed by atoms with Crippen molar-refractivity contribution in [2.75, 3.05) is 0 Å². The smallest absolute Gasteiger partial charge is 0.159 e. The highest BCUT2D eigenvalue weighted by Crippen LogP contribution is 2.30. The van der Waals surface area contributed by atoms with Gasteiger partial charge in [0.25, 0.3) is 0 Å². The predicted octanol–water partition coefficient (Wildman–Crippen LogP) is 2.61. The summed E-state index contributed by atoms with van der Waals surface area (Å²) in [5.41, 5.74) is 0. The standard InChI is InChI=1S/C13H18N2O/c1-2-10(4-6-12-8-9-14-16-12)13-7-5-11(3-1)15-13/h4,6,8-11,13,15H,1-3,5,7H2/b6-4+. The Hall–Kier alpha value is -1.09. The summed E-state index contributed by atoms with van der Waals surface area (Å²) in [6.45, 7) is 0. The molecule has 2 saturated heterocycles. The van der Waals surface area contributed by atoms with Crippen molar-refractivity contribution < 1.29 is 4.52 Å². The highest BCUT2D eigenvalue weighted by atomic mass is 16.5. The Morgan fingerprint density at radius 3 is 3.19 bits per heavy atom. The van der Waals surface area contributed by atoms with Crippen LogP contribution in [-0.2, 0) is 0 Å². The summed E-state index contributed by atoms with van der Waals surface area (Å²) in [6, 6.07) is 3.37. The maximum absolute atomic E-state index is 5.08. The number of rotatable bonds is 2. The zero-order chi connectivity index (χ0) is 10.8. The van der Waals surface area contributed by atoms with E-state index in [1.807, 2.05) is 6.07 Å². The van der Waals surface area contributed by atoms with Crippen molar-refractivity contribution in [3.63, 3.8) is 0 Å². The molecule has 1 aromatic rings. The summed E-state index contributed by atoms with van der Waals surface area (Å²) in [7, 11) is 0. The van der Waals surface area contributed by atoms with Gasteiger partial charge in [-0.2, -0.15) is 0 Å². The van der Waals surface area contributed by atoms with E-state index >= 15 is 0 Å². The average molecular weight is 218 g/mol. The third kappa shape index (κ3) is 2.05. The SMILES string of the molecule is C(=C\C1CCCC2CCC1N2)/c1ccno1. The van der Waals surface area contributed by atoms with Crippen molar-refractivity contribution in [2.45, 2.75) is 44.2 Å². The van der Waals surface area contributed by atoms with Gasteiger partial charge in [-0.1, -0.05) is 17.7 Å². The first-order chi connectivity index (χ1) is 7.92. The lowest BCUT2D eigenvalue weighted by atomic mass is 9.90. The molecule has 0 spiro atoms. The maximum Gasteiger partial charge on any atom is 0.159 e. The largest absolute Gasteiger partial charge is 0.357 e. The molecule has 0 saturated carbocycles. The molecule has 3 heterocycles. The maximum atomic E-state index is 5.08. The van der Waals surface area contributed by atoms with E-state index in [1.165, 1.54) is 32.1 Å². The van der Waals surface area contributed by atoms with Crippen LogP contribution in [-0.4, -0.2) is 17.2 Å². The normalized spacial score (nSPS) is 34.4. The molecule has 1 aromatic heterocycles. The predicted molar refractivity (Wildman–Crippen MR) is 62.8 cm³/mol. The Kier molecular flexibility index (Phi) is 2.79. The Morgan fingerprint density at radius 2 is 2.31 bits per heavy atom. The Balaban J connectivity index is 1.69. The quantitative estimate of drug-likeness (QED) is 0.829. The highest BCUT2D eigenvalue weighted by molar-refractivity contribution is 5.42. The van der Waals surface area contributed by atoms with Gasteiger partial charge in [0, 0.05) is 18.2 Å². The van der Waals surface area contributed by atoms with Crippen LogP contribution in [0.1, 0.15) is 37.9 Å². The van der Waals surface area contributed by atoms with Crippen LogP contribution in [0, 0.1) is 5.92 Å². The van der Waals surface area contributed by atoms with Gasteiger partial charge in [-0.15, -0.1) is 0 Å². The third-order valence-corrected chi connectivity index (χ3v) is 3.85. The van der Waals surface area contributed by atoms with Gasteiger partial charge in [-0.05, 0) is 37.7 Å². The van der Waals surface area contributed by atoms with Gasteiger partial charge in [0.15, 0.2) is 5.76 Å². The monoisotopic (exact) mass is 218 g/mol. The van der Waals surface area contributed by atoms with Gasteiger partial charge >= 0.3 is 0 Å². The molecule has 0 radical (unpaired) electrons. The van der Waals surface area contributed by atoms with E-state index in [4.69, 9.17) is 4.52 Å². The molecule has 2 fully saturated rings. The Labute approximate surface area is 95.9 Å². The molecule has 3 rings (SSSR count). The lowest BCUT2D eigenvalue weighted by Crippen LogP contribution is -2.31. The van der Waals surface area contributed by atoms with Crippen LogP contribution in [0.4, 0.5) is 0 Å². The van der Waals surface area contributed by atoms with Crippen molar-refractivity contribution >= 4 is 6.08 Å². The summed E-state index contributed by atoms with van der Waals surface area (Å²) in [5.74, 6) is 1.52. The van der Waals surface area contributed by atoms with Gasteiger partial charge in [-0.3, -0.25) is 0 Å². The van der Waals surface area contributed by atoms with Crippen molar-refractivity contribution in [2.24, 2.45) is 5.92 Å². The van der Waals surface area contributed by atoms with Gasteiger partial charge < -0.3 is 9.84 Å². The summed E-state index contributed by atoms with van der Waals surface area (Å²) >= 11 is 0. The molecule has 86 valence electrons. The van der Waals surface area contributed by atoms with Crippen molar-refractivity contribution in [3.8, 4) is 0 Å². The summed E-state index contributed by atoms with van der Waals surface area (Å²) < 4.78 is 5.08. The lowest BCUT2D eigenvalue weighted by Gasteiger charge is -2.18. The summed E-state index contributed by atoms with van der Waals surface area (Å²) in [6.07, 6.45) is 12.7. The molecule has 16 heavy (non-hydrogen) atoms. The second-order valence-electron chi connectivity index (χ2n) is 4.92. The van der Waals surface area contributed by atoms with Crippen LogP contribution >= 0.6 is 0 Å². The van der Waals surface area contributed by atoms with Crippen molar-refractivity contribution in [3.05, 3.63) is 24.1 Å². The van der Waals surface area contributed by atoms with Crippen molar-refractivity contribution in [1.82, 2.24) is 10.5 Å². The van der Waals surface area contributed by atoms with Gasteiger partial charge in [-0.25, -0.2) is 0 Å². The molecular weight excluding hydrogens is 200 g/mol. The fraction of sp³-hybridized carbons (Fsp3) is 0.615. The second kappa shape index (κ2) is 4.42. The molecule has 2 aliphatic rings. The molecule has 0 aliphatic carbocycles. The number of aromatic nitrogens is 1. The van der Waals surface area contributed by atoms with Crippen LogP contribution in [0.3, 0.4) is 0 Å². The summed E-state index contributed by atoms with van der Waals surface area (Å²) in [5, 5.41) is 7.45. The van der Waals surface area contributed by atoms with E-state index in [0.29, 0.717) is 12.0 Å². The topological polar surface area (TPSA) is 38.1 Å². The van der Waals surface area contributed by atoms with Crippen molar-refractivity contribution in [1.29, 1.82) is 0 Å². The van der Waals surface area contributed by atoms with Crippen LogP contribution in [0.2, 0.25) is 0 Å². The van der Waals surface area contributed by atoms with E-state index in [9.17, 15) is 0 Å². The number of nitrogens with one attached hydrogen (secondary N) is 1. The molecule has 2 aliphatic heterocycles. The van der Waals surface area contributed by atoms with Crippen LogP contribution < -0.4 is 5.32 Å². The molecular formula is C13H18N2O. The van der Waals surface area contributed by atoms with E-state index in [0.717, 1.165) is 11.8 Å². The molecule has 3 unspecified atom stereocenters. The van der Waals surface area contributed by atoms with E-state index in [2.05, 4.69) is 22.6 Å². The number of nitrogens with zero attached hydrogens (tertiary/aromatic N) is 1. The number of hydrogen-bond acceptors (Lipinski definition) is 3. The molecule has 3 atom stereocenters. The molecule has 0 aromatic carbocycles. The van der Waals surface area contributed by atoms with E-state index in [-0.39, 0.29) is 0 Å². The van der Waals surface area contributed by atoms with Gasteiger partial charge in [0.1, 0.15) is 0 Å². The minimum absolute atomic E-state index is 0.664. The fourth-order valence-corrected chi connectivity index (χ4v) is 2.98. The number of fused-ring (bicyclic) bond motifs is 2. The first kappa shape index (κ1) is 10.1. The lowest BCUT2D eigenvalue weighted by molar-refractivity contribution is 0.411. The Bertz CT molecular complexity index is 358. The second-order valence-corrected chi connectivity index (χ2v) is 4.92. The average Bonchev–Trinajstić information content (AvgIpc) is 2.88. The first-order valence-corrected chi connectivity index (χ1v) is 6.27. The molecule has 3 nitrogen and oxygen atoms in total. The minimum atomic E-state index is 0.664. The van der Waals surface area contributed by atoms with Crippen LogP contribution in [0.5, 0.6) is 0 Å². The molecule has 0 amide bonds. The van der Waals surface area contributed by atoms with Crippen LogP contribution in [0.25, 0.3) is 6.08 Å². The zero-order valence-corrected chi connectivity index (χ0v) is 9.43. The van der Waals surface area contributed by atoms with E-state index < -0.39 is 0 Å². The van der Waals surface area contributed by atoms with Crippen LogP contribution in [0.15, 0.2) is 22.9 Å². The van der Waals surface area contributed by atoms with Gasteiger partial charge in [0.2, 0.25) is 0 Å². The third-order valence-electron chi connectivity index (χ3n) is 3.85. The van der Waals surface area contributed by atoms with Gasteiger partial charge in [0.05, 0.1) is 6.20 Å². The molecule has 1 N–H and O–H groups in total. The first-order valence-electron chi connectivity index (χ1n) is 6.27. The zero-order valence-electron chi connectivity index (χ0n) is 9.43.